The van der Waals surface area contributed by atoms with E-state index in [1.54, 1.807) is 6.26 Å². The molecule has 0 saturated carbocycles. The maximum atomic E-state index is 11.3. The number of furan rings is 1. The molecule has 0 spiro atoms. The number of aryl methyl sites for hydroxylation is 1. The van der Waals surface area contributed by atoms with Crippen molar-refractivity contribution >= 4 is 5.78 Å². The lowest BCUT2D eigenvalue weighted by molar-refractivity contribution is -0.123. The van der Waals surface area contributed by atoms with E-state index in [0.717, 1.165) is 17.9 Å². The van der Waals surface area contributed by atoms with Gasteiger partial charge >= 0.3 is 0 Å². The van der Waals surface area contributed by atoms with Crippen LogP contribution < -0.4 is 0 Å². The van der Waals surface area contributed by atoms with Gasteiger partial charge in [0.05, 0.1) is 12.8 Å². The van der Waals surface area contributed by atoms with Crippen molar-refractivity contribution in [1.29, 1.82) is 0 Å². The predicted octanol–water partition coefficient (Wildman–Crippen LogP) is 1.24. The van der Waals surface area contributed by atoms with Crippen LogP contribution in [-0.4, -0.2) is 38.0 Å². The Bertz CT molecular complexity index is 319. The molecule has 1 aromatic rings. The van der Waals surface area contributed by atoms with Crippen molar-refractivity contribution in [2.24, 2.45) is 0 Å². The van der Waals surface area contributed by atoms with Crippen molar-refractivity contribution in [2.75, 3.05) is 27.3 Å². The first-order valence-electron chi connectivity index (χ1n) is 4.85. The second kappa shape index (κ2) is 5.68. The summed E-state index contributed by atoms with van der Waals surface area (Å²) in [6.07, 6.45) is 1.66. The zero-order valence-corrected chi connectivity index (χ0v) is 9.45. The molecule has 0 fully saturated rings. The van der Waals surface area contributed by atoms with Crippen LogP contribution >= 0.6 is 0 Å². The SMILES string of the molecule is COCC(=O)CN(C)Cc1ccoc1C. The minimum Gasteiger partial charge on any atom is -0.469 e. The topological polar surface area (TPSA) is 42.7 Å². The van der Waals surface area contributed by atoms with Gasteiger partial charge in [-0.2, -0.15) is 0 Å². The summed E-state index contributed by atoms with van der Waals surface area (Å²) in [6.45, 7) is 3.21. The number of ether oxygens (including phenoxy) is 1. The van der Waals surface area contributed by atoms with Gasteiger partial charge in [0.2, 0.25) is 0 Å². The standard InChI is InChI=1S/C11H17NO3/c1-9-10(4-5-15-9)6-12(2)7-11(13)8-14-3/h4-5H,6-8H2,1-3H3. The number of methoxy groups -OCH3 is 1. The van der Waals surface area contributed by atoms with Gasteiger partial charge in [-0.3, -0.25) is 9.69 Å². The minimum absolute atomic E-state index is 0.0844. The highest BCUT2D eigenvalue weighted by molar-refractivity contribution is 5.81. The van der Waals surface area contributed by atoms with Crippen molar-refractivity contribution in [2.45, 2.75) is 13.5 Å². The van der Waals surface area contributed by atoms with Crippen molar-refractivity contribution < 1.29 is 13.9 Å². The zero-order valence-electron chi connectivity index (χ0n) is 9.45. The van der Waals surface area contributed by atoms with Crippen LogP contribution in [0.15, 0.2) is 16.7 Å². The molecule has 0 unspecified atom stereocenters. The fourth-order valence-corrected chi connectivity index (χ4v) is 1.43. The summed E-state index contributed by atoms with van der Waals surface area (Å²) in [6, 6.07) is 1.92. The molecule has 15 heavy (non-hydrogen) atoms. The largest absolute Gasteiger partial charge is 0.469 e. The second-order valence-corrected chi connectivity index (χ2v) is 3.65. The Morgan fingerprint density at radius 2 is 2.33 bits per heavy atom. The highest BCUT2D eigenvalue weighted by Crippen LogP contribution is 2.10. The Kier molecular flexibility index (Phi) is 4.52. The molecule has 0 atom stereocenters. The van der Waals surface area contributed by atoms with E-state index in [9.17, 15) is 4.79 Å². The van der Waals surface area contributed by atoms with E-state index in [4.69, 9.17) is 9.15 Å². The monoisotopic (exact) mass is 211 g/mol. The minimum atomic E-state index is 0.0844. The average Bonchev–Trinajstić information content (AvgIpc) is 2.52. The van der Waals surface area contributed by atoms with Crippen LogP contribution in [0, 0.1) is 6.92 Å². The first-order valence-corrected chi connectivity index (χ1v) is 4.85. The third kappa shape index (κ3) is 3.85. The Morgan fingerprint density at radius 3 is 2.87 bits per heavy atom. The molecule has 0 aliphatic rings. The molecule has 0 N–H and O–H groups in total. The molecular weight excluding hydrogens is 194 g/mol. The Morgan fingerprint density at radius 1 is 1.60 bits per heavy atom. The molecule has 0 radical (unpaired) electrons. The molecule has 0 aliphatic heterocycles. The Labute approximate surface area is 89.8 Å². The smallest absolute Gasteiger partial charge is 0.172 e. The van der Waals surface area contributed by atoms with Gasteiger partial charge in [-0.05, 0) is 20.0 Å². The Balaban J connectivity index is 2.39. The van der Waals surface area contributed by atoms with Crippen LogP contribution in [0.3, 0.4) is 0 Å². The van der Waals surface area contributed by atoms with E-state index in [2.05, 4.69) is 0 Å². The number of likely N-dealkylation sites (N-methyl/N-ethyl adjacent to an activating group) is 1. The molecule has 0 bridgehead atoms. The van der Waals surface area contributed by atoms with Crippen molar-refractivity contribution in [3.63, 3.8) is 0 Å². The summed E-state index contributed by atoms with van der Waals surface area (Å²) in [7, 11) is 3.43. The number of nitrogens with zero attached hydrogens (tertiary/aromatic N) is 1. The average molecular weight is 211 g/mol. The summed E-state index contributed by atoms with van der Waals surface area (Å²) in [4.78, 5) is 13.2. The van der Waals surface area contributed by atoms with Crippen molar-refractivity contribution in [1.82, 2.24) is 4.90 Å². The lowest BCUT2D eigenvalue weighted by Crippen LogP contribution is -2.27. The molecule has 84 valence electrons. The maximum Gasteiger partial charge on any atom is 0.172 e. The quantitative estimate of drug-likeness (QED) is 0.710. The van der Waals surface area contributed by atoms with E-state index in [-0.39, 0.29) is 12.4 Å². The molecule has 1 heterocycles. The van der Waals surface area contributed by atoms with Gasteiger partial charge in [-0.1, -0.05) is 0 Å². The third-order valence-electron chi connectivity index (χ3n) is 2.16. The summed E-state index contributed by atoms with van der Waals surface area (Å²) in [5.41, 5.74) is 1.11. The molecule has 1 aromatic heterocycles. The molecule has 4 nitrogen and oxygen atoms in total. The van der Waals surface area contributed by atoms with Gasteiger partial charge in [0.15, 0.2) is 5.78 Å². The van der Waals surface area contributed by atoms with E-state index in [0.29, 0.717) is 6.54 Å². The molecular formula is C11H17NO3. The maximum absolute atomic E-state index is 11.3. The molecule has 0 saturated heterocycles. The number of hydrogen-bond acceptors (Lipinski definition) is 4. The van der Waals surface area contributed by atoms with E-state index in [1.165, 1.54) is 7.11 Å². The second-order valence-electron chi connectivity index (χ2n) is 3.65. The lowest BCUT2D eigenvalue weighted by atomic mass is 10.2. The van der Waals surface area contributed by atoms with Crippen LogP contribution in [0.25, 0.3) is 0 Å². The van der Waals surface area contributed by atoms with Crippen molar-refractivity contribution in [3.05, 3.63) is 23.7 Å². The summed E-state index contributed by atoms with van der Waals surface area (Å²) in [5.74, 6) is 0.988. The van der Waals surface area contributed by atoms with Crippen LogP contribution in [0.1, 0.15) is 11.3 Å². The number of Topliss-reactive ketones (excluding diaryl/α,β-unsaturated/α-hetero) is 1. The highest BCUT2D eigenvalue weighted by Gasteiger charge is 2.09. The lowest BCUT2D eigenvalue weighted by Gasteiger charge is -2.14. The normalized spacial score (nSPS) is 10.9. The van der Waals surface area contributed by atoms with Gasteiger partial charge in [-0.15, -0.1) is 0 Å². The zero-order chi connectivity index (χ0) is 11.3. The first kappa shape index (κ1) is 11.9. The number of rotatable bonds is 6. The summed E-state index contributed by atoms with van der Waals surface area (Å²) < 4.78 is 9.95. The number of carbonyl (C=O) groups is 1. The van der Waals surface area contributed by atoms with Crippen LogP contribution in [0.2, 0.25) is 0 Å². The first-order chi connectivity index (χ1) is 7.13. The number of ketones is 1. The van der Waals surface area contributed by atoms with Gasteiger partial charge in [0.1, 0.15) is 12.4 Å². The summed E-state index contributed by atoms with van der Waals surface area (Å²) in [5, 5.41) is 0. The van der Waals surface area contributed by atoms with Gasteiger partial charge in [-0.25, -0.2) is 0 Å². The van der Waals surface area contributed by atoms with E-state index in [1.807, 2.05) is 24.9 Å². The van der Waals surface area contributed by atoms with E-state index >= 15 is 0 Å². The van der Waals surface area contributed by atoms with Crippen LogP contribution in [0.5, 0.6) is 0 Å². The fraction of sp³-hybridized carbons (Fsp3) is 0.545. The van der Waals surface area contributed by atoms with E-state index < -0.39 is 0 Å². The number of hydrogen-bond donors (Lipinski definition) is 0. The van der Waals surface area contributed by atoms with Crippen LogP contribution in [-0.2, 0) is 16.1 Å². The molecule has 4 heteroatoms. The molecule has 0 aromatic carbocycles. The molecule has 0 aliphatic carbocycles. The van der Waals surface area contributed by atoms with Crippen molar-refractivity contribution in [3.8, 4) is 0 Å². The molecule has 1 rings (SSSR count). The Hall–Kier alpha value is -1.13. The number of carbonyl (C=O) groups excluding carboxylic acids is 1. The summed E-state index contributed by atoms with van der Waals surface area (Å²) >= 11 is 0. The van der Waals surface area contributed by atoms with Crippen LogP contribution in [0.4, 0.5) is 0 Å². The fourth-order valence-electron chi connectivity index (χ4n) is 1.43. The predicted molar refractivity (Wildman–Crippen MR) is 56.7 cm³/mol. The van der Waals surface area contributed by atoms with Gasteiger partial charge in [0.25, 0.3) is 0 Å². The molecule has 0 amide bonds. The van der Waals surface area contributed by atoms with Gasteiger partial charge < -0.3 is 9.15 Å². The van der Waals surface area contributed by atoms with Gasteiger partial charge in [0, 0.05) is 19.2 Å². The highest BCUT2D eigenvalue weighted by atomic mass is 16.5. The third-order valence-corrected chi connectivity index (χ3v) is 2.16.